The van der Waals surface area contributed by atoms with Crippen LogP contribution in [0.2, 0.25) is 0 Å². The van der Waals surface area contributed by atoms with Gasteiger partial charge >= 0.3 is 0 Å². The van der Waals surface area contributed by atoms with Crippen molar-refractivity contribution >= 4 is 22.8 Å². The monoisotopic (exact) mass is 356 g/mol. The summed E-state index contributed by atoms with van der Waals surface area (Å²) < 4.78 is 5.35. The minimum Gasteiger partial charge on any atom is -0.493 e. The van der Waals surface area contributed by atoms with Crippen LogP contribution in [0.3, 0.4) is 0 Å². The molecule has 0 saturated heterocycles. The second kappa shape index (κ2) is 7.03. The van der Waals surface area contributed by atoms with Crippen molar-refractivity contribution in [2.45, 2.75) is 13.3 Å². The first-order chi connectivity index (χ1) is 13.2. The van der Waals surface area contributed by atoms with Gasteiger partial charge in [-0.25, -0.2) is 4.98 Å². The Hall–Kier alpha value is -3.47. The summed E-state index contributed by atoms with van der Waals surface area (Å²) in [4.78, 5) is 13.6. The fourth-order valence-corrected chi connectivity index (χ4v) is 3.25. The molecular formula is C22H20N4O. The van der Waals surface area contributed by atoms with Crippen LogP contribution in [0.15, 0.2) is 65.9 Å². The number of anilines is 1. The minimum atomic E-state index is 0.369. The van der Waals surface area contributed by atoms with Gasteiger partial charge in [0, 0.05) is 30.1 Å². The van der Waals surface area contributed by atoms with E-state index in [1.165, 1.54) is 0 Å². The number of pyridine rings is 2. The first-order valence-corrected chi connectivity index (χ1v) is 8.75. The summed E-state index contributed by atoms with van der Waals surface area (Å²) in [5.74, 6) is 0.919. The number of nitrogens with zero attached hydrogens (tertiary/aromatic N) is 3. The fraction of sp³-hybridized carbons (Fsp3) is 0.136. The Morgan fingerprint density at radius 2 is 1.78 bits per heavy atom. The number of rotatable bonds is 4. The van der Waals surface area contributed by atoms with Crippen LogP contribution in [0.25, 0.3) is 11.3 Å². The predicted octanol–water partition coefficient (Wildman–Crippen LogP) is 4.14. The molecule has 0 radical (unpaired) electrons. The average Bonchev–Trinajstić information content (AvgIpc) is 3.14. The van der Waals surface area contributed by atoms with Gasteiger partial charge in [-0.15, -0.1) is 0 Å². The number of ether oxygens (including phenoxy) is 1. The standard InChI is InChI=1S/C22H20N4O/c1-14-10-16(8-9-24-14)18-12-19(15-6-4-3-5-7-15)26-21(18)17-11-20(27-2)22(23)25-13-17/h3-11,13H,12H2,1-2H3,(H2,23,25). The summed E-state index contributed by atoms with van der Waals surface area (Å²) in [6, 6.07) is 16.2. The third kappa shape index (κ3) is 3.31. The summed E-state index contributed by atoms with van der Waals surface area (Å²) in [5.41, 5.74) is 13.0. The number of nitrogens with two attached hydrogens (primary N) is 1. The Balaban J connectivity index is 1.86. The maximum Gasteiger partial charge on any atom is 0.166 e. The highest BCUT2D eigenvalue weighted by atomic mass is 16.5. The molecular weight excluding hydrogens is 336 g/mol. The molecule has 0 aliphatic carbocycles. The number of hydrogen-bond donors (Lipinski definition) is 1. The average molecular weight is 356 g/mol. The normalized spacial score (nSPS) is 13.6. The zero-order chi connectivity index (χ0) is 18.8. The second-order valence-corrected chi connectivity index (χ2v) is 6.43. The van der Waals surface area contributed by atoms with Crippen molar-refractivity contribution < 1.29 is 4.74 Å². The largest absolute Gasteiger partial charge is 0.493 e. The Morgan fingerprint density at radius 1 is 0.963 bits per heavy atom. The summed E-state index contributed by atoms with van der Waals surface area (Å²) >= 11 is 0. The molecule has 1 aromatic carbocycles. The van der Waals surface area contributed by atoms with Crippen molar-refractivity contribution in [2.24, 2.45) is 4.99 Å². The van der Waals surface area contributed by atoms with Crippen LogP contribution in [-0.2, 0) is 0 Å². The lowest BCUT2D eigenvalue weighted by Crippen LogP contribution is -1.98. The third-order valence-corrected chi connectivity index (χ3v) is 4.60. The molecule has 2 aromatic heterocycles. The second-order valence-electron chi connectivity index (χ2n) is 6.43. The fourth-order valence-electron chi connectivity index (χ4n) is 3.25. The van der Waals surface area contributed by atoms with Gasteiger partial charge in [0.2, 0.25) is 0 Å². The summed E-state index contributed by atoms with van der Waals surface area (Å²) in [5, 5.41) is 0. The van der Waals surface area contributed by atoms with Gasteiger partial charge in [0.15, 0.2) is 11.6 Å². The SMILES string of the molecule is COc1cc(C2=C(c3ccnc(C)c3)CC(c3ccccc3)=N2)cnc1N. The smallest absolute Gasteiger partial charge is 0.166 e. The Bertz CT molecular complexity index is 1050. The molecule has 4 rings (SSSR count). The van der Waals surface area contributed by atoms with Crippen LogP contribution >= 0.6 is 0 Å². The van der Waals surface area contributed by atoms with Crippen molar-refractivity contribution in [1.29, 1.82) is 0 Å². The van der Waals surface area contributed by atoms with Gasteiger partial charge in [-0.2, -0.15) is 0 Å². The van der Waals surface area contributed by atoms with E-state index >= 15 is 0 Å². The van der Waals surface area contributed by atoms with E-state index in [2.05, 4.69) is 28.2 Å². The van der Waals surface area contributed by atoms with Crippen LogP contribution in [-0.4, -0.2) is 22.8 Å². The number of aryl methyl sites for hydroxylation is 1. The van der Waals surface area contributed by atoms with Crippen LogP contribution in [0.1, 0.15) is 28.8 Å². The zero-order valence-electron chi connectivity index (χ0n) is 15.3. The van der Waals surface area contributed by atoms with E-state index in [1.54, 1.807) is 13.3 Å². The first kappa shape index (κ1) is 17.0. The van der Waals surface area contributed by atoms with Crippen molar-refractivity contribution in [3.8, 4) is 5.75 Å². The molecule has 2 N–H and O–H groups in total. The van der Waals surface area contributed by atoms with Crippen LogP contribution < -0.4 is 10.5 Å². The molecule has 5 nitrogen and oxygen atoms in total. The Kier molecular flexibility index (Phi) is 4.42. The number of aliphatic imine (C=N–C) groups is 1. The van der Waals surface area contributed by atoms with Crippen LogP contribution in [0.5, 0.6) is 5.75 Å². The lowest BCUT2D eigenvalue weighted by molar-refractivity contribution is 0.415. The molecule has 0 saturated carbocycles. The van der Waals surface area contributed by atoms with Gasteiger partial charge in [-0.3, -0.25) is 9.98 Å². The van der Waals surface area contributed by atoms with Crippen LogP contribution in [0.4, 0.5) is 5.82 Å². The number of methoxy groups -OCH3 is 1. The molecule has 0 fully saturated rings. The number of hydrogen-bond acceptors (Lipinski definition) is 5. The zero-order valence-corrected chi connectivity index (χ0v) is 15.3. The van der Waals surface area contributed by atoms with Crippen molar-refractivity contribution in [3.05, 3.63) is 83.3 Å². The molecule has 5 heteroatoms. The number of aromatic nitrogens is 2. The van der Waals surface area contributed by atoms with Gasteiger partial charge in [0.1, 0.15) is 0 Å². The molecule has 1 aliphatic rings. The molecule has 3 heterocycles. The van der Waals surface area contributed by atoms with E-state index in [4.69, 9.17) is 15.5 Å². The van der Waals surface area contributed by atoms with E-state index in [1.807, 2.05) is 43.5 Å². The molecule has 0 spiro atoms. The molecule has 0 bridgehead atoms. The van der Waals surface area contributed by atoms with Gasteiger partial charge in [0.05, 0.1) is 18.5 Å². The molecule has 1 aliphatic heterocycles. The number of benzene rings is 1. The summed E-state index contributed by atoms with van der Waals surface area (Å²) in [6.45, 7) is 1.99. The highest BCUT2D eigenvalue weighted by molar-refractivity contribution is 6.16. The van der Waals surface area contributed by atoms with E-state index in [0.717, 1.165) is 45.8 Å². The highest BCUT2D eigenvalue weighted by Gasteiger charge is 2.23. The molecule has 27 heavy (non-hydrogen) atoms. The van der Waals surface area contributed by atoms with E-state index in [-0.39, 0.29) is 0 Å². The quantitative estimate of drug-likeness (QED) is 0.762. The third-order valence-electron chi connectivity index (χ3n) is 4.60. The maximum absolute atomic E-state index is 5.89. The Morgan fingerprint density at radius 3 is 2.52 bits per heavy atom. The molecule has 134 valence electrons. The lowest BCUT2D eigenvalue weighted by Gasteiger charge is -2.09. The molecule has 0 unspecified atom stereocenters. The minimum absolute atomic E-state index is 0.369. The Labute approximate surface area is 158 Å². The first-order valence-electron chi connectivity index (χ1n) is 8.75. The summed E-state index contributed by atoms with van der Waals surface area (Å²) in [6.07, 6.45) is 4.33. The van der Waals surface area contributed by atoms with Crippen LogP contribution in [0, 0.1) is 6.92 Å². The molecule has 0 amide bonds. The number of allylic oxidation sites excluding steroid dienone is 1. The topological polar surface area (TPSA) is 73.4 Å². The van der Waals surface area contributed by atoms with Gasteiger partial charge < -0.3 is 10.5 Å². The lowest BCUT2D eigenvalue weighted by atomic mass is 9.96. The van der Waals surface area contributed by atoms with Crippen molar-refractivity contribution in [1.82, 2.24) is 9.97 Å². The predicted molar refractivity (Wildman–Crippen MR) is 109 cm³/mol. The highest BCUT2D eigenvalue weighted by Crippen LogP contribution is 2.38. The number of nitrogen functional groups attached to an aromatic ring is 1. The maximum atomic E-state index is 5.89. The van der Waals surface area contributed by atoms with Crippen molar-refractivity contribution in [3.63, 3.8) is 0 Å². The van der Waals surface area contributed by atoms with E-state index < -0.39 is 0 Å². The molecule has 3 aromatic rings. The van der Waals surface area contributed by atoms with E-state index in [0.29, 0.717) is 11.6 Å². The molecule has 0 atom stereocenters. The van der Waals surface area contributed by atoms with Gasteiger partial charge in [0.25, 0.3) is 0 Å². The van der Waals surface area contributed by atoms with Gasteiger partial charge in [-0.1, -0.05) is 30.3 Å². The van der Waals surface area contributed by atoms with Crippen molar-refractivity contribution in [2.75, 3.05) is 12.8 Å². The van der Waals surface area contributed by atoms with E-state index in [9.17, 15) is 0 Å². The summed E-state index contributed by atoms with van der Waals surface area (Å²) in [7, 11) is 1.59. The van der Waals surface area contributed by atoms with Gasteiger partial charge in [-0.05, 0) is 41.8 Å².